The molecule has 2 aromatic rings. The smallest absolute Gasteiger partial charge is 0.225 e. The van der Waals surface area contributed by atoms with Gasteiger partial charge in [-0.15, -0.1) is 0 Å². The Balaban J connectivity index is 1.47. The molecule has 0 saturated carbocycles. The molecule has 3 rings (SSSR count). The first kappa shape index (κ1) is 17.8. The second-order valence-electron chi connectivity index (χ2n) is 6.07. The fourth-order valence-corrected chi connectivity index (χ4v) is 3.49. The molecule has 1 aromatic carbocycles. The van der Waals surface area contributed by atoms with E-state index in [1.54, 1.807) is 23.3 Å². The number of carbonyl (C=O) groups excluding carboxylic acids is 2. The molecule has 1 aromatic heterocycles. The number of halogens is 2. The number of furan rings is 1. The quantitative estimate of drug-likeness (QED) is 0.835. The predicted octanol–water partition coefficient (Wildman–Crippen LogP) is 3.29. The van der Waals surface area contributed by atoms with E-state index in [0.717, 1.165) is 5.56 Å². The highest BCUT2D eigenvalue weighted by Gasteiger charge is 2.34. The van der Waals surface area contributed by atoms with E-state index in [1.165, 1.54) is 0 Å². The molecule has 25 heavy (non-hydrogen) atoms. The highest BCUT2D eigenvalue weighted by Crippen LogP contribution is 2.21. The Labute approximate surface area is 155 Å². The number of amides is 2. The first-order valence-corrected chi connectivity index (χ1v) is 8.79. The maximum Gasteiger partial charge on any atom is 0.225 e. The Hall–Kier alpha value is -1.98. The van der Waals surface area contributed by atoms with Crippen LogP contribution in [-0.4, -0.2) is 29.8 Å². The van der Waals surface area contributed by atoms with E-state index in [4.69, 9.17) is 27.6 Å². The van der Waals surface area contributed by atoms with Crippen LogP contribution < -0.4 is 5.32 Å². The van der Waals surface area contributed by atoms with E-state index in [-0.39, 0.29) is 24.2 Å². The van der Waals surface area contributed by atoms with Crippen LogP contribution in [0.25, 0.3) is 0 Å². The van der Waals surface area contributed by atoms with Crippen molar-refractivity contribution in [2.24, 2.45) is 5.92 Å². The Morgan fingerprint density at radius 3 is 2.72 bits per heavy atom. The molecular weight excluding hydrogens is 363 g/mol. The molecule has 1 aliphatic rings. The molecular formula is C18H18Cl2N2O3. The summed E-state index contributed by atoms with van der Waals surface area (Å²) in [7, 11) is 0. The molecule has 0 aliphatic carbocycles. The minimum atomic E-state index is -0.328. The Morgan fingerprint density at radius 2 is 2.04 bits per heavy atom. The van der Waals surface area contributed by atoms with Crippen LogP contribution in [0.1, 0.15) is 17.7 Å². The van der Waals surface area contributed by atoms with Gasteiger partial charge in [-0.2, -0.15) is 0 Å². The fourth-order valence-electron chi connectivity index (χ4n) is 2.92. The monoisotopic (exact) mass is 380 g/mol. The third-order valence-electron chi connectivity index (χ3n) is 4.15. The van der Waals surface area contributed by atoms with Crippen molar-refractivity contribution in [2.75, 3.05) is 13.1 Å². The van der Waals surface area contributed by atoms with Crippen molar-refractivity contribution < 1.29 is 14.0 Å². The zero-order valence-corrected chi connectivity index (χ0v) is 15.0. The molecule has 5 nitrogen and oxygen atoms in total. The fraction of sp³-hybridized carbons (Fsp3) is 0.333. The SMILES string of the molecule is O=C(NCCc1cc(Cl)cc(Cl)c1)C1CC(=O)N(Cc2ccco2)C1. The lowest BCUT2D eigenvalue weighted by Gasteiger charge is -2.15. The summed E-state index contributed by atoms with van der Waals surface area (Å²) in [5.74, 6) is 0.249. The lowest BCUT2D eigenvalue weighted by molar-refractivity contribution is -0.129. The van der Waals surface area contributed by atoms with Gasteiger partial charge >= 0.3 is 0 Å². The van der Waals surface area contributed by atoms with Crippen molar-refractivity contribution >= 4 is 35.0 Å². The summed E-state index contributed by atoms with van der Waals surface area (Å²) in [5, 5.41) is 4.03. The van der Waals surface area contributed by atoms with Crippen molar-refractivity contribution in [1.82, 2.24) is 10.2 Å². The van der Waals surface area contributed by atoms with E-state index in [9.17, 15) is 9.59 Å². The van der Waals surface area contributed by atoms with Gasteiger partial charge < -0.3 is 14.6 Å². The maximum atomic E-state index is 12.3. The Morgan fingerprint density at radius 1 is 1.28 bits per heavy atom. The molecule has 0 bridgehead atoms. The predicted molar refractivity (Wildman–Crippen MR) is 95.4 cm³/mol. The molecule has 1 fully saturated rings. The third-order valence-corrected chi connectivity index (χ3v) is 4.58. The molecule has 7 heteroatoms. The summed E-state index contributed by atoms with van der Waals surface area (Å²) in [5.41, 5.74) is 0.958. The number of nitrogens with one attached hydrogen (secondary N) is 1. The van der Waals surface area contributed by atoms with E-state index in [0.29, 0.717) is 41.9 Å². The van der Waals surface area contributed by atoms with Gasteiger partial charge in [-0.1, -0.05) is 23.2 Å². The largest absolute Gasteiger partial charge is 0.467 e. The van der Waals surface area contributed by atoms with E-state index in [1.807, 2.05) is 18.2 Å². The summed E-state index contributed by atoms with van der Waals surface area (Å²) in [6.45, 7) is 1.28. The van der Waals surface area contributed by atoms with Crippen molar-refractivity contribution in [1.29, 1.82) is 0 Å². The van der Waals surface area contributed by atoms with Crippen LogP contribution in [0.15, 0.2) is 41.0 Å². The van der Waals surface area contributed by atoms with Crippen LogP contribution in [0.2, 0.25) is 10.0 Å². The van der Waals surface area contributed by atoms with Crippen LogP contribution in [0.4, 0.5) is 0 Å². The molecule has 1 saturated heterocycles. The minimum Gasteiger partial charge on any atom is -0.467 e. The highest BCUT2D eigenvalue weighted by molar-refractivity contribution is 6.34. The number of nitrogens with zero attached hydrogens (tertiary/aromatic N) is 1. The molecule has 2 heterocycles. The van der Waals surface area contributed by atoms with Gasteiger partial charge in [-0.3, -0.25) is 9.59 Å². The second kappa shape index (κ2) is 7.93. The number of carbonyl (C=O) groups is 2. The lowest BCUT2D eigenvalue weighted by atomic mass is 10.1. The van der Waals surface area contributed by atoms with Crippen molar-refractivity contribution in [3.05, 3.63) is 58.0 Å². The zero-order valence-electron chi connectivity index (χ0n) is 13.5. The van der Waals surface area contributed by atoms with Gasteiger partial charge in [0, 0.05) is 29.6 Å². The van der Waals surface area contributed by atoms with Crippen LogP contribution >= 0.6 is 23.2 Å². The lowest BCUT2D eigenvalue weighted by Crippen LogP contribution is -2.34. The number of likely N-dealkylation sites (tertiary alicyclic amines) is 1. The first-order valence-electron chi connectivity index (χ1n) is 8.04. The maximum absolute atomic E-state index is 12.3. The normalized spacial score (nSPS) is 17.1. The first-order chi connectivity index (χ1) is 12.0. The van der Waals surface area contributed by atoms with Crippen LogP contribution in [0.5, 0.6) is 0 Å². The minimum absolute atomic E-state index is 0.0295. The molecule has 2 amide bonds. The third kappa shape index (κ3) is 4.77. The Kier molecular flexibility index (Phi) is 5.66. The number of benzene rings is 1. The Bertz CT molecular complexity index is 741. The van der Waals surface area contributed by atoms with Gasteiger partial charge in [0.25, 0.3) is 0 Å². The summed E-state index contributed by atoms with van der Waals surface area (Å²) < 4.78 is 5.26. The average Bonchev–Trinajstić information content (AvgIpc) is 3.17. The van der Waals surface area contributed by atoms with E-state index in [2.05, 4.69) is 5.32 Å². The molecule has 1 unspecified atom stereocenters. The standard InChI is InChI=1S/C18H18Cl2N2O3/c19-14-6-12(7-15(20)9-14)3-4-21-18(24)13-8-17(23)22(10-13)11-16-2-1-5-25-16/h1-2,5-7,9,13H,3-4,8,10-11H2,(H,21,24). The summed E-state index contributed by atoms with van der Waals surface area (Å²) >= 11 is 11.9. The van der Waals surface area contributed by atoms with Gasteiger partial charge in [0.1, 0.15) is 5.76 Å². The molecule has 1 atom stereocenters. The van der Waals surface area contributed by atoms with Gasteiger partial charge in [0.15, 0.2) is 0 Å². The van der Waals surface area contributed by atoms with Gasteiger partial charge in [-0.05, 0) is 42.3 Å². The molecule has 0 spiro atoms. The van der Waals surface area contributed by atoms with Crippen LogP contribution in [0, 0.1) is 5.92 Å². The molecule has 1 N–H and O–H groups in total. The van der Waals surface area contributed by atoms with Gasteiger partial charge in [-0.25, -0.2) is 0 Å². The molecule has 1 aliphatic heterocycles. The van der Waals surface area contributed by atoms with Crippen LogP contribution in [-0.2, 0) is 22.6 Å². The number of hydrogen-bond acceptors (Lipinski definition) is 3. The van der Waals surface area contributed by atoms with E-state index >= 15 is 0 Å². The summed E-state index contributed by atoms with van der Waals surface area (Å²) in [4.78, 5) is 26.0. The number of rotatable bonds is 6. The van der Waals surface area contributed by atoms with E-state index < -0.39 is 0 Å². The number of hydrogen-bond donors (Lipinski definition) is 1. The van der Waals surface area contributed by atoms with Crippen molar-refractivity contribution in [3.63, 3.8) is 0 Å². The second-order valence-corrected chi connectivity index (χ2v) is 6.95. The summed E-state index contributed by atoms with van der Waals surface area (Å²) in [6, 6.07) is 8.91. The highest BCUT2D eigenvalue weighted by atomic mass is 35.5. The van der Waals surface area contributed by atoms with Crippen molar-refractivity contribution in [3.8, 4) is 0 Å². The average molecular weight is 381 g/mol. The van der Waals surface area contributed by atoms with Gasteiger partial charge in [0.05, 0.1) is 18.7 Å². The van der Waals surface area contributed by atoms with Crippen LogP contribution in [0.3, 0.4) is 0 Å². The summed E-state index contributed by atoms with van der Waals surface area (Å²) in [6.07, 6.45) is 2.43. The topological polar surface area (TPSA) is 62.6 Å². The molecule has 132 valence electrons. The van der Waals surface area contributed by atoms with Gasteiger partial charge in [0.2, 0.25) is 11.8 Å². The zero-order chi connectivity index (χ0) is 17.8. The van der Waals surface area contributed by atoms with Crippen molar-refractivity contribution in [2.45, 2.75) is 19.4 Å². The molecule has 0 radical (unpaired) electrons.